The summed E-state index contributed by atoms with van der Waals surface area (Å²) in [6.45, 7) is 6.27. The maximum absolute atomic E-state index is 12.2. The van der Waals surface area contributed by atoms with Crippen LogP contribution in [0.25, 0.3) is 11.0 Å². The lowest BCUT2D eigenvalue weighted by Gasteiger charge is -2.02. The normalized spacial score (nSPS) is 10.8. The van der Waals surface area contributed by atoms with Crippen LogP contribution in [0, 0.1) is 6.92 Å². The Morgan fingerprint density at radius 2 is 2.22 bits per heavy atom. The van der Waals surface area contributed by atoms with E-state index in [1.54, 1.807) is 18.5 Å². The summed E-state index contributed by atoms with van der Waals surface area (Å²) in [7, 11) is 0. The Labute approximate surface area is 104 Å². The molecule has 2 rings (SSSR count). The van der Waals surface area contributed by atoms with Gasteiger partial charge in [0, 0.05) is 12.7 Å². The van der Waals surface area contributed by atoms with Gasteiger partial charge < -0.3 is 9.72 Å². The monoisotopic (exact) mass is 249 g/mol. The van der Waals surface area contributed by atoms with Crippen LogP contribution >= 0.6 is 0 Å². The third kappa shape index (κ3) is 1.79. The minimum Gasteiger partial charge on any atom is -0.462 e. The number of carbonyl (C=O) groups is 1. The number of hydrogen-bond acceptors (Lipinski definition) is 4. The van der Waals surface area contributed by atoms with E-state index in [0.717, 1.165) is 0 Å². The van der Waals surface area contributed by atoms with Gasteiger partial charge in [0.25, 0.3) is 0 Å². The van der Waals surface area contributed by atoms with Crippen molar-refractivity contribution in [1.29, 1.82) is 0 Å². The van der Waals surface area contributed by atoms with Crippen LogP contribution < -0.4 is 5.43 Å². The molecule has 6 nitrogen and oxygen atoms in total. The molecule has 0 aromatic carbocycles. The molecule has 0 aliphatic rings. The van der Waals surface area contributed by atoms with Gasteiger partial charge in [-0.3, -0.25) is 4.79 Å². The lowest BCUT2D eigenvalue weighted by atomic mass is 10.2. The number of pyridine rings is 1. The average molecular weight is 249 g/mol. The van der Waals surface area contributed by atoms with Crippen molar-refractivity contribution in [1.82, 2.24) is 14.8 Å². The van der Waals surface area contributed by atoms with E-state index in [1.165, 1.54) is 6.20 Å². The van der Waals surface area contributed by atoms with Crippen LogP contribution in [0.4, 0.5) is 0 Å². The second-order valence-electron chi connectivity index (χ2n) is 3.88. The van der Waals surface area contributed by atoms with Gasteiger partial charge in [0.15, 0.2) is 0 Å². The minimum atomic E-state index is -0.607. The van der Waals surface area contributed by atoms with E-state index in [1.807, 2.05) is 6.92 Å². The summed E-state index contributed by atoms with van der Waals surface area (Å²) in [6, 6.07) is 0. The topological polar surface area (TPSA) is 77.0 Å². The summed E-state index contributed by atoms with van der Waals surface area (Å²) < 4.78 is 6.54. The highest BCUT2D eigenvalue weighted by molar-refractivity contribution is 5.93. The van der Waals surface area contributed by atoms with E-state index >= 15 is 0 Å². The number of fused-ring (bicyclic) bond motifs is 1. The zero-order valence-electron chi connectivity index (χ0n) is 10.6. The van der Waals surface area contributed by atoms with E-state index in [0.29, 0.717) is 23.3 Å². The van der Waals surface area contributed by atoms with Gasteiger partial charge in [0.1, 0.15) is 11.2 Å². The van der Waals surface area contributed by atoms with Crippen LogP contribution in [0.15, 0.2) is 11.0 Å². The van der Waals surface area contributed by atoms with Crippen LogP contribution in [-0.4, -0.2) is 27.3 Å². The molecule has 0 aliphatic carbocycles. The first-order valence-electron chi connectivity index (χ1n) is 5.86. The van der Waals surface area contributed by atoms with Gasteiger partial charge in [0.05, 0.1) is 17.7 Å². The number of carbonyl (C=O) groups excluding carboxylic acids is 1. The molecule has 0 aliphatic heterocycles. The molecule has 96 valence electrons. The molecule has 0 fully saturated rings. The number of ether oxygens (including phenoxy) is 1. The van der Waals surface area contributed by atoms with Crippen LogP contribution in [0.5, 0.6) is 0 Å². The van der Waals surface area contributed by atoms with E-state index in [4.69, 9.17) is 4.74 Å². The second-order valence-corrected chi connectivity index (χ2v) is 3.88. The number of aromatic nitrogens is 3. The molecule has 0 saturated heterocycles. The fourth-order valence-electron chi connectivity index (χ4n) is 1.93. The molecule has 6 heteroatoms. The number of aromatic amines is 1. The predicted molar refractivity (Wildman–Crippen MR) is 66.7 cm³/mol. The molecule has 2 heterocycles. The minimum absolute atomic E-state index is 0.0168. The number of hydrogen-bond donors (Lipinski definition) is 1. The lowest BCUT2D eigenvalue weighted by Crippen LogP contribution is -2.18. The molecule has 1 N–H and O–H groups in total. The fourth-order valence-corrected chi connectivity index (χ4v) is 1.93. The number of nitrogens with zero attached hydrogens (tertiary/aromatic N) is 2. The van der Waals surface area contributed by atoms with Gasteiger partial charge in [-0.25, -0.2) is 9.48 Å². The number of nitrogens with one attached hydrogen (secondary N) is 1. The predicted octanol–water partition coefficient (Wildman–Crippen LogP) is 1.23. The van der Waals surface area contributed by atoms with Crippen molar-refractivity contribution in [2.24, 2.45) is 0 Å². The van der Waals surface area contributed by atoms with Gasteiger partial charge in [-0.15, -0.1) is 0 Å². The molecule has 0 amide bonds. The number of H-pyrrole nitrogens is 1. The Balaban J connectivity index is 2.68. The molecule has 18 heavy (non-hydrogen) atoms. The third-order valence-corrected chi connectivity index (χ3v) is 2.75. The van der Waals surface area contributed by atoms with Gasteiger partial charge >= 0.3 is 5.97 Å². The maximum atomic E-state index is 12.2. The number of rotatable bonds is 3. The van der Waals surface area contributed by atoms with E-state index in [2.05, 4.69) is 10.1 Å². The smallest absolute Gasteiger partial charge is 0.343 e. The molecular formula is C12H15N3O3. The van der Waals surface area contributed by atoms with E-state index < -0.39 is 5.97 Å². The van der Waals surface area contributed by atoms with Gasteiger partial charge in [-0.05, 0) is 20.8 Å². The first-order chi connectivity index (χ1) is 8.60. The number of esters is 1. The van der Waals surface area contributed by atoms with Crippen molar-refractivity contribution >= 4 is 17.0 Å². The maximum Gasteiger partial charge on any atom is 0.343 e. The molecule has 0 bridgehead atoms. The fraction of sp³-hybridized carbons (Fsp3) is 0.417. The molecule has 2 aromatic rings. The van der Waals surface area contributed by atoms with Crippen molar-refractivity contribution in [2.45, 2.75) is 27.3 Å². The first-order valence-corrected chi connectivity index (χ1v) is 5.86. The summed E-state index contributed by atoms with van der Waals surface area (Å²) >= 11 is 0. The zero-order valence-corrected chi connectivity index (χ0v) is 10.6. The average Bonchev–Trinajstić information content (AvgIpc) is 2.67. The Morgan fingerprint density at radius 3 is 2.83 bits per heavy atom. The standard InChI is InChI=1S/C12H15N3O3/c1-4-15-11-9(7(3)14-15)10(16)8(6-13-11)12(17)18-5-2/h6H,4-5H2,1-3H3,(H,13,16). The highest BCUT2D eigenvalue weighted by atomic mass is 16.5. The van der Waals surface area contributed by atoms with Crippen molar-refractivity contribution in [2.75, 3.05) is 6.61 Å². The number of aryl methyl sites for hydroxylation is 2. The van der Waals surface area contributed by atoms with Gasteiger partial charge in [0.2, 0.25) is 5.43 Å². The SMILES string of the molecule is CCOC(=O)c1c[nH]c2c(c(C)nn2CC)c1=O. The largest absolute Gasteiger partial charge is 0.462 e. The quantitative estimate of drug-likeness (QED) is 0.830. The van der Waals surface area contributed by atoms with Crippen LogP contribution in [0.3, 0.4) is 0 Å². The van der Waals surface area contributed by atoms with Gasteiger partial charge in [-0.1, -0.05) is 0 Å². The Hall–Kier alpha value is -2.11. The summed E-state index contributed by atoms with van der Waals surface area (Å²) in [6.07, 6.45) is 1.38. The molecule has 2 aromatic heterocycles. The van der Waals surface area contributed by atoms with Crippen molar-refractivity contribution in [3.63, 3.8) is 0 Å². The van der Waals surface area contributed by atoms with E-state index in [9.17, 15) is 9.59 Å². The highest BCUT2D eigenvalue weighted by Crippen LogP contribution is 2.12. The van der Waals surface area contributed by atoms with Crippen LogP contribution in [-0.2, 0) is 11.3 Å². The summed E-state index contributed by atoms with van der Waals surface area (Å²) in [5.74, 6) is -0.607. The molecular weight excluding hydrogens is 234 g/mol. The summed E-state index contributed by atoms with van der Waals surface area (Å²) in [4.78, 5) is 26.8. The van der Waals surface area contributed by atoms with Crippen LogP contribution in [0.2, 0.25) is 0 Å². The van der Waals surface area contributed by atoms with Crippen molar-refractivity contribution in [3.05, 3.63) is 27.7 Å². The first kappa shape index (κ1) is 12.3. The summed E-state index contributed by atoms with van der Waals surface area (Å²) in [5.41, 5.74) is 0.926. The van der Waals surface area contributed by atoms with Crippen molar-refractivity contribution < 1.29 is 9.53 Å². The Morgan fingerprint density at radius 1 is 1.50 bits per heavy atom. The van der Waals surface area contributed by atoms with Gasteiger partial charge in [-0.2, -0.15) is 5.10 Å². The molecule has 0 saturated carbocycles. The Kier molecular flexibility index (Phi) is 3.18. The molecule has 0 unspecified atom stereocenters. The molecule has 0 atom stereocenters. The molecule has 0 radical (unpaired) electrons. The lowest BCUT2D eigenvalue weighted by molar-refractivity contribution is 0.0524. The summed E-state index contributed by atoms with van der Waals surface area (Å²) in [5, 5.41) is 4.70. The van der Waals surface area contributed by atoms with E-state index in [-0.39, 0.29) is 17.6 Å². The third-order valence-electron chi connectivity index (χ3n) is 2.75. The highest BCUT2D eigenvalue weighted by Gasteiger charge is 2.18. The Bertz CT molecular complexity index is 654. The second kappa shape index (κ2) is 4.64. The zero-order chi connectivity index (χ0) is 13.3. The molecule has 0 spiro atoms. The van der Waals surface area contributed by atoms with Crippen LogP contribution in [0.1, 0.15) is 29.9 Å². The van der Waals surface area contributed by atoms with Crippen molar-refractivity contribution in [3.8, 4) is 0 Å².